The molecule has 2 rings (SSSR count). The lowest BCUT2D eigenvalue weighted by Gasteiger charge is -2.27. The van der Waals surface area contributed by atoms with E-state index >= 15 is 0 Å². The Hall–Kier alpha value is -2.11. The number of hydrogen-bond donors (Lipinski definition) is 2. The number of halogens is 1. The van der Waals surface area contributed by atoms with E-state index in [1.54, 1.807) is 0 Å². The summed E-state index contributed by atoms with van der Waals surface area (Å²) < 4.78 is 12.9. The lowest BCUT2D eigenvalue weighted by molar-refractivity contribution is -0.138. The van der Waals surface area contributed by atoms with Crippen LogP contribution in [0, 0.1) is 5.82 Å². The first-order valence-corrected chi connectivity index (χ1v) is 6.50. The van der Waals surface area contributed by atoms with Crippen LogP contribution in [0.1, 0.15) is 36.0 Å². The molecule has 1 fully saturated rings. The molecule has 0 bridgehead atoms. The highest BCUT2D eigenvalue weighted by Crippen LogP contribution is 2.27. The number of hydrogen-bond acceptors (Lipinski definition) is 3. The smallest absolute Gasteiger partial charge is 0.323 e. The zero-order chi connectivity index (χ0) is 14.7. The molecule has 0 radical (unpaired) electrons. The Morgan fingerprint density at radius 1 is 1.30 bits per heavy atom. The Kier molecular flexibility index (Phi) is 4.22. The van der Waals surface area contributed by atoms with Crippen molar-refractivity contribution < 1.29 is 24.2 Å². The zero-order valence-corrected chi connectivity index (χ0v) is 10.9. The van der Waals surface area contributed by atoms with Gasteiger partial charge >= 0.3 is 5.97 Å². The molecule has 5 nitrogen and oxygen atoms in total. The summed E-state index contributed by atoms with van der Waals surface area (Å²) in [6.45, 7) is -0.416. The fourth-order valence-corrected chi connectivity index (χ4v) is 2.57. The van der Waals surface area contributed by atoms with Gasteiger partial charge < -0.3 is 15.1 Å². The third-order valence-electron chi connectivity index (χ3n) is 3.52. The highest BCUT2D eigenvalue weighted by atomic mass is 19.1. The predicted molar refractivity (Wildman–Crippen MR) is 69.0 cm³/mol. The van der Waals surface area contributed by atoms with Gasteiger partial charge in [-0.1, -0.05) is 12.8 Å². The lowest BCUT2D eigenvalue weighted by atomic mass is 10.1. The van der Waals surface area contributed by atoms with E-state index in [9.17, 15) is 19.1 Å². The molecule has 0 aromatic heterocycles. The number of amides is 1. The minimum absolute atomic E-state index is 0.0699. The zero-order valence-electron chi connectivity index (χ0n) is 10.9. The highest BCUT2D eigenvalue weighted by Gasteiger charge is 2.30. The van der Waals surface area contributed by atoms with E-state index in [4.69, 9.17) is 5.11 Å². The fourth-order valence-electron chi connectivity index (χ4n) is 2.57. The molecule has 0 spiro atoms. The molecular weight excluding hydrogens is 265 g/mol. The monoisotopic (exact) mass is 281 g/mol. The van der Waals surface area contributed by atoms with Gasteiger partial charge in [0.25, 0.3) is 5.91 Å². The number of phenolic OH excluding ortho intramolecular Hbond substituents is 1. The van der Waals surface area contributed by atoms with Gasteiger partial charge in [-0.2, -0.15) is 0 Å². The Labute approximate surface area is 115 Å². The number of carbonyl (C=O) groups is 2. The summed E-state index contributed by atoms with van der Waals surface area (Å²) in [5.41, 5.74) is -0.0699. The second kappa shape index (κ2) is 5.90. The number of carboxylic acid groups (broad SMARTS) is 1. The minimum Gasteiger partial charge on any atom is -0.507 e. The van der Waals surface area contributed by atoms with Crippen LogP contribution >= 0.6 is 0 Å². The van der Waals surface area contributed by atoms with Crippen molar-refractivity contribution >= 4 is 11.9 Å². The van der Waals surface area contributed by atoms with Crippen molar-refractivity contribution in [1.29, 1.82) is 0 Å². The van der Waals surface area contributed by atoms with Crippen LogP contribution in [0.4, 0.5) is 4.39 Å². The van der Waals surface area contributed by atoms with Gasteiger partial charge in [0.1, 0.15) is 18.1 Å². The first kappa shape index (κ1) is 14.3. The number of aliphatic carboxylic acids is 1. The average molecular weight is 281 g/mol. The first-order valence-electron chi connectivity index (χ1n) is 6.50. The van der Waals surface area contributed by atoms with Gasteiger partial charge in [-0.25, -0.2) is 4.39 Å². The van der Waals surface area contributed by atoms with Crippen LogP contribution in [0.2, 0.25) is 0 Å². The molecule has 1 aliphatic rings. The van der Waals surface area contributed by atoms with E-state index in [1.165, 1.54) is 11.0 Å². The van der Waals surface area contributed by atoms with Gasteiger partial charge in [0.15, 0.2) is 0 Å². The van der Waals surface area contributed by atoms with E-state index in [2.05, 4.69) is 0 Å². The van der Waals surface area contributed by atoms with Crippen molar-refractivity contribution in [2.45, 2.75) is 31.7 Å². The molecule has 0 aliphatic heterocycles. The maximum absolute atomic E-state index is 12.9. The summed E-state index contributed by atoms with van der Waals surface area (Å²) in [7, 11) is 0. The summed E-state index contributed by atoms with van der Waals surface area (Å²) in [5, 5.41) is 18.6. The molecule has 20 heavy (non-hydrogen) atoms. The molecule has 1 amide bonds. The van der Waals surface area contributed by atoms with Crippen LogP contribution in [-0.4, -0.2) is 39.6 Å². The number of carboxylic acids is 1. The molecule has 6 heteroatoms. The van der Waals surface area contributed by atoms with Crippen molar-refractivity contribution in [3.8, 4) is 5.75 Å². The van der Waals surface area contributed by atoms with Gasteiger partial charge in [-0.3, -0.25) is 9.59 Å². The van der Waals surface area contributed by atoms with Crippen molar-refractivity contribution in [3.63, 3.8) is 0 Å². The summed E-state index contributed by atoms with van der Waals surface area (Å²) in [6.07, 6.45) is 3.40. The third kappa shape index (κ3) is 3.07. The molecular formula is C14H16FNO4. The normalized spacial score (nSPS) is 15.2. The largest absolute Gasteiger partial charge is 0.507 e. The predicted octanol–water partition coefficient (Wildman–Crippen LogP) is 2.00. The maximum Gasteiger partial charge on any atom is 0.323 e. The SMILES string of the molecule is O=C(O)CN(C(=O)c1ccc(F)cc1O)C1CCCC1. The molecule has 0 heterocycles. The third-order valence-corrected chi connectivity index (χ3v) is 3.52. The summed E-state index contributed by atoms with van der Waals surface area (Å²) in [6, 6.07) is 2.96. The molecule has 1 aromatic rings. The van der Waals surface area contributed by atoms with E-state index in [0.29, 0.717) is 0 Å². The number of phenols is 1. The number of aromatic hydroxyl groups is 1. The summed E-state index contributed by atoms with van der Waals surface area (Å²) in [5.74, 6) is -2.79. The van der Waals surface area contributed by atoms with Crippen molar-refractivity contribution in [1.82, 2.24) is 4.90 Å². The van der Waals surface area contributed by atoms with Crippen molar-refractivity contribution in [3.05, 3.63) is 29.6 Å². The Balaban J connectivity index is 2.27. The van der Waals surface area contributed by atoms with Crippen molar-refractivity contribution in [2.75, 3.05) is 6.54 Å². The maximum atomic E-state index is 12.9. The Bertz CT molecular complexity index is 526. The summed E-state index contributed by atoms with van der Waals surface area (Å²) >= 11 is 0. The summed E-state index contributed by atoms with van der Waals surface area (Å²) in [4.78, 5) is 24.6. The Morgan fingerprint density at radius 2 is 1.95 bits per heavy atom. The van der Waals surface area contributed by atoms with E-state index < -0.39 is 30.0 Å². The van der Waals surface area contributed by atoms with E-state index in [1.807, 2.05) is 0 Å². The van der Waals surface area contributed by atoms with E-state index in [-0.39, 0.29) is 11.6 Å². The van der Waals surface area contributed by atoms with Crippen LogP contribution in [-0.2, 0) is 4.79 Å². The van der Waals surface area contributed by atoms with Gasteiger partial charge in [-0.15, -0.1) is 0 Å². The van der Waals surface area contributed by atoms with Crippen LogP contribution in [0.5, 0.6) is 5.75 Å². The second-order valence-electron chi connectivity index (χ2n) is 4.93. The van der Waals surface area contributed by atoms with Crippen LogP contribution in [0.25, 0.3) is 0 Å². The number of carbonyl (C=O) groups excluding carboxylic acids is 1. The van der Waals surface area contributed by atoms with Crippen LogP contribution < -0.4 is 0 Å². The van der Waals surface area contributed by atoms with Crippen LogP contribution in [0.3, 0.4) is 0 Å². The topological polar surface area (TPSA) is 77.8 Å². The number of nitrogens with zero attached hydrogens (tertiary/aromatic N) is 1. The number of benzene rings is 1. The molecule has 1 aliphatic carbocycles. The lowest BCUT2D eigenvalue weighted by Crippen LogP contribution is -2.42. The van der Waals surface area contributed by atoms with E-state index in [0.717, 1.165) is 37.8 Å². The fraction of sp³-hybridized carbons (Fsp3) is 0.429. The van der Waals surface area contributed by atoms with Gasteiger partial charge in [-0.05, 0) is 25.0 Å². The van der Waals surface area contributed by atoms with Gasteiger partial charge in [0.2, 0.25) is 0 Å². The van der Waals surface area contributed by atoms with Crippen molar-refractivity contribution in [2.24, 2.45) is 0 Å². The highest BCUT2D eigenvalue weighted by molar-refractivity contribution is 5.98. The molecule has 2 N–H and O–H groups in total. The van der Waals surface area contributed by atoms with Gasteiger partial charge in [0, 0.05) is 12.1 Å². The number of rotatable bonds is 4. The molecule has 0 atom stereocenters. The van der Waals surface area contributed by atoms with Crippen LogP contribution in [0.15, 0.2) is 18.2 Å². The minimum atomic E-state index is -1.10. The molecule has 108 valence electrons. The standard InChI is InChI=1S/C14H16FNO4/c15-9-5-6-11(12(17)7-9)14(20)16(8-13(18)19)10-3-1-2-4-10/h5-7,10,17H,1-4,8H2,(H,18,19). The quantitative estimate of drug-likeness (QED) is 0.884. The molecule has 1 saturated carbocycles. The second-order valence-corrected chi connectivity index (χ2v) is 4.93. The molecule has 0 saturated heterocycles. The first-order chi connectivity index (χ1) is 9.49. The average Bonchev–Trinajstić information content (AvgIpc) is 2.88. The Morgan fingerprint density at radius 3 is 2.50 bits per heavy atom. The van der Waals surface area contributed by atoms with Gasteiger partial charge in [0.05, 0.1) is 5.56 Å². The molecule has 0 unspecified atom stereocenters. The molecule has 1 aromatic carbocycles.